The molecule has 1 aliphatic rings. The topological polar surface area (TPSA) is 60.9 Å². The van der Waals surface area contributed by atoms with Crippen LogP contribution in [0.1, 0.15) is 15.9 Å². The highest BCUT2D eigenvalue weighted by molar-refractivity contribution is 7.92. The number of carbonyl (C=O) groups is 1. The fourth-order valence-electron chi connectivity index (χ4n) is 4.57. The van der Waals surface area contributed by atoms with E-state index in [1.165, 1.54) is 4.31 Å². The van der Waals surface area contributed by atoms with Crippen LogP contribution in [0.15, 0.2) is 114 Å². The van der Waals surface area contributed by atoms with Gasteiger partial charge < -0.3 is 9.80 Å². The maximum atomic E-state index is 13.8. The summed E-state index contributed by atoms with van der Waals surface area (Å²) in [4.78, 5) is 17.7. The first kappa shape index (κ1) is 25.8. The average Bonchev–Trinajstić information content (AvgIpc) is 2.97. The molecule has 5 rings (SSSR count). The van der Waals surface area contributed by atoms with Gasteiger partial charge in [0.25, 0.3) is 15.9 Å². The number of nitrogens with zero attached hydrogens (tertiary/aromatic N) is 3. The number of halogens is 1. The van der Waals surface area contributed by atoms with E-state index in [1.54, 1.807) is 78.9 Å². The summed E-state index contributed by atoms with van der Waals surface area (Å²) in [5.41, 5.74) is 2.81. The van der Waals surface area contributed by atoms with Gasteiger partial charge >= 0.3 is 0 Å². The minimum atomic E-state index is -3.90. The van der Waals surface area contributed by atoms with E-state index in [0.717, 1.165) is 24.3 Å². The van der Waals surface area contributed by atoms with Crippen LogP contribution in [0.4, 0.5) is 11.4 Å². The number of rotatable bonds is 7. The second-order valence-corrected chi connectivity index (χ2v) is 11.4. The molecule has 0 atom stereocenters. The highest BCUT2D eigenvalue weighted by Gasteiger charge is 2.27. The van der Waals surface area contributed by atoms with Gasteiger partial charge in [-0.05, 0) is 60.2 Å². The molecule has 0 aromatic heterocycles. The SMILES string of the molecule is O=C(c1cccc(N(Cc2ccc(Cl)cc2)S(=O)(=O)c2ccccc2)c1)N1CCN(c2ccccc2)CC1. The van der Waals surface area contributed by atoms with Crippen LogP contribution >= 0.6 is 11.6 Å². The van der Waals surface area contributed by atoms with Gasteiger partial charge in [0.1, 0.15) is 0 Å². The van der Waals surface area contributed by atoms with Crippen LogP contribution in [0.2, 0.25) is 5.02 Å². The average molecular weight is 546 g/mol. The second-order valence-electron chi connectivity index (χ2n) is 9.12. The Morgan fingerprint density at radius 1 is 0.763 bits per heavy atom. The maximum Gasteiger partial charge on any atom is 0.264 e. The molecule has 4 aromatic rings. The number of para-hydroxylation sites is 1. The van der Waals surface area contributed by atoms with Gasteiger partial charge in [0.05, 0.1) is 17.1 Å². The molecule has 194 valence electrons. The van der Waals surface area contributed by atoms with E-state index < -0.39 is 10.0 Å². The number of piperazine rings is 1. The Hall–Kier alpha value is -3.81. The molecule has 0 bridgehead atoms. The molecule has 0 aliphatic carbocycles. The van der Waals surface area contributed by atoms with Gasteiger partial charge in [-0.25, -0.2) is 8.42 Å². The molecule has 0 saturated carbocycles. The fourth-order valence-corrected chi connectivity index (χ4v) is 6.17. The molecule has 0 unspecified atom stereocenters. The van der Waals surface area contributed by atoms with Gasteiger partial charge in [0.15, 0.2) is 0 Å². The lowest BCUT2D eigenvalue weighted by Crippen LogP contribution is -2.48. The van der Waals surface area contributed by atoms with Crippen molar-refractivity contribution in [1.29, 1.82) is 0 Å². The summed E-state index contributed by atoms with van der Waals surface area (Å²) < 4.78 is 28.9. The Morgan fingerprint density at radius 2 is 1.39 bits per heavy atom. The number of benzene rings is 4. The molecular formula is C30H28ClN3O3S. The summed E-state index contributed by atoms with van der Waals surface area (Å²) in [6.07, 6.45) is 0. The number of hydrogen-bond acceptors (Lipinski definition) is 4. The van der Waals surface area contributed by atoms with E-state index in [9.17, 15) is 13.2 Å². The predicted octanol–water partition coefficient (Wildman–Crippen LogP) is 5.70. The minimum absolute atomic E-state index is 0.0990. The van der Waals surface area contributed by atoms with Gasteiger partial charge in [-0.3, -0.25) is 9.10 Å². The van der Waals surface area contributed by atoms with Gasteiger partial charge in [-0.2, -0.15) is 0 Å². The van der Waals surface area contributed by atoms with Crippen molar-refractivity contribution in [3.63, 3.8) is 0 Å². The van der Waals surface area contributed by atoms with Crippen molar-refractivity contribution in [2.75, 3.05) is 35.4 Å². The van der Waals surface area contributed by atoms with Crippen LogP contribution in [0.25, 0.3) is 0 Å². The summed E-state index contributed by atoms with van der Waals surface area (Å²) in [7, 11) is -3.90. The summed E-state index contributed by atoms with van der Waals surface area (Å²) in [5, 5.41) is 0.575. The lowest BCUT2D eigenvalue weighted by Gasteiger charge is -2.36. The molecule has 1 amide bonds. The Labute approximate surface area is 228 Å². The van der Waals surface area contributed by atoms with Crippen molar-refractivity contribution in [3.8, 4) is 0 Å². The first-order chi connectivity index (χ1) is 18.4. The smallest absolute Gasteiger partial charge is 0.264 e. The number of anilines is 2. The lowest BCUT2D eigenvalue weighted by molar-refractivity contribution is 0.0747. The third kappa shape index (κ3) is 5.69. The molecule has 0 radical (unpaired) electrons. The molecule has 4 aromatic carbocycles. The molecule has 8 heteroatoms. The van der Waals surface area contributed by atoms with Crippen molar-refractivity contribution in [2.24, 2.45) is 0 Å². The number of hydrogen-bond donors (Lipinski definition) is 0. The molecule has 0 spiro atoms. The minimum Gasteiger partial charge on any atom is -0.368 e. The Bertz CT molecular complexity index is 1490. The third-order valence-corrected chi connectivity index (χ3v) is 8.68. The van der Waals surface area contributed by atoms with E-state index in [0.29, 0.717) is 29.4 Å². The fraction of sp³-hybridized carbons (Fsp3) is 0.167. The van der Waals surface area contributed by atoms with Gasteiger partial charge in [-0.15, -0.1) is 0 Å². The summed E-state index contributed by atoms with van der Waals surface area (Å²) in [6, 6.07) is 32.4. The molecule has 0 N–H and O–H groups in total. The van der Waals surface area contributed by atoms with E-state index in [1.807, 2.05) is 23.1 Å². The first-order valence-electron chi connectivity index (χ1n) is 12.4. The second kappa shape index (κ2) is 11.3. The van der Waals surface area contributed by atoms with Crippen molar-refractivity contribution < 1.29 is 13.2 Å². The zero-order valence-corrected chi connectivity index (χ0v) is 22.4. The lowest BCUT2D eigenvalue weighted by atomic mass is 10.1. The number of carbonyl (C=O) groups excluding carboxylic acids is 1. The highest BCUT2D eigenvalue weighted by atomic mass is 35.5. The van der Waals surface area contributed by atoms with Gasteiger partial charge in [0, 0.05) is 42.5 Å². The van der Waals surface area contributed by atoms with Crippen molar-refractivity contribution >= 4 is 38.9 Å². The quantitative estimate of drug-likeness (QED) is 0.299. The monoisotopic (exact) mass is 545 g/mol. The van der Waals surface area contributed by atoms with Crippen LogP contribution in [0.3, 0.4) is 0 Å². The highest BCUT2D eigenvalue weighted by Crippen LogP contribution is 2.28. The Kier molecular flexibility index (Phi) is 7.67. The molecule has 1 fully saturated rings. The molecular weight excluding hydrogens is 518 g/mol. The first-order valence-corrected chi connectivity index (χ1v) is 14.3. The van der Waals surface area contributed by atoms with Crippen LogP contribution in [-0.2, 0) is 16.6 Å². The van der Waals surface area contributed by atoms with Crippen molar-refractivity contribution in [2.45, 2.75) is 11.4 Å². The standard InChI is InChI=1S/C30H28ClN3O3S/c31-26-16-14-24(15-17-26)23-34(38(36,37)29-12-5-2-6-13-29)28-11-7-8-25(22-28)30(35)33-20-18-32(19-21-33)27-9-3-1-4-10-27/h1-17,22H,18-21,23H2. The van der Waals surface area contributed by atoms with Gasteiger partial charge in [-0.1, -0.05) is 66.2 Å². The predicted molar refractivity (Wildman–Crippen MR) is 152 cm³/mol. The molecule has 1 saturated heterocycles. The van der Waals surface area contributed by atoms with Crippen LogP contribution in [0, 0.1) is 0 Å². The van der Waals surface area contributed by atoms with Crippen LogP contribution < -0.4 is 9.21 Å². The Morgan fingerprint density at radius 3 is 2.05 bits per heavy atom. The van der Waals surface area contributed by atoms with Crippen molar-refractivity contribution in [3.05, 3.63) is 125 Å². The number of sulfonamides is 1. The van der Waals surface area contributed by atoms with Crippen LogP contribution in [-0.4, -0.2) is 45.4 Å². The molecule has 6 nitrogen and oxygen atoms in total. The molecule has 1 aliphatic heterocycles. The third-order valence-electron chi connectivity index (χ3n) is 6.64. The Balaban J connectivity index is 1.40. The largest absolute Gasteiger partial charge is 0.368 e. The molecule has 38 heavy (non-hydrogen) atoms. The van der Waals surface area contributed by atoms with E-state index in [-0.39, 0.29) is 17.3 Å². The summed E-state index contributed by atoms with van der Waals surface area (Å²) >= 11 is 6.05. The summed E-state index contributed by atoms with van der Waals surface area (Å²) in [6.45, 7) is 2.76. The van der Waals surface area contributed by atoms with Crippen molar-refractivity contribution in [1.82, 2.24) is 4.90 Å². The maximum absolute atomic E-state index is 13.8. The van der Waals surface area contributed by atoms with Crippen LogP contribution in [0.5, 0.6) is 0 Å². The van der Waals surface area contributed by atoms with E-state index in [2.05, 4.69) is 17.0 Å². The van der Waals surface area contributed by atoms with E-state index in [4.69, 9.17) is 11.6 Å². The zero-order chi connectivity index (χ0) is 26.5. The van der Waals surface area contributed by atoms with Gasteiger partial charge in [0.2, 0.25) is 0 Å². The van der Waals surface area contributed by atoms with E-state index >= 15 is 0 Å². The molecule has 1 heterocycles. The summed E-state index contributed by atoms with van der Waals surface area (Å²) in [5.74, 6) is -0.108. The number of amides is 1. The normalized spacial score (nSPS) is 13.8. The zero-order valence-electron chi connectivity index (χ0n) is 20.8.